The third-order valence-corrected chi connectivity index (χ3v) is 3.09. The van der Waals surface area contributed by atoms with Crippen LogP contribution in [-0.4, -0.2) is 24.6 Å². The molecule has 0 spiro atoms. The van der Waals surface area contributed by atoms with Gasteiger partial charge in [0, 0.05) is 11.3 Å². The highest BCUT2D eigenvalue weighted by atomic mass is 16.5. The number of fused-ring (bicyclic) bond motifs is 1. The monoisotopic (exact) mass is 205 g/mol. The first-order chi connectivity index (χ1) is 7.15. The number of ketones is 1. The highest BCUT2D eigenvalue weighted by Crippen LogP contribution is 2.30. The fourth-order valence-electron chi connectivity index (χ4n) is 2.00. The molecule has 1 aliphatic heterocycles. The van der Waals surface area contributed by atoms with E-state index in [4.69, 9.17) is 4.74 Å². The number of carbonyl (C=O) groups is 1. The van der Waals surface area contributed by atoms with Gasteiger partial charge in [0.1, 0.15) is 11.8 Å². The summed E-state index contributed by atoms with van der Waals surface area (Å²) in [4.78, 5) is 16.5. The molecule has 0 saturated heterocycles. The molecule has 2 rings (SSSR count). The first-order valence-corrected chi connectivity index (χ1v) is 5.17. The Labute approximate surface area is 89.5 Å². The molecule has 3 nitrogen and oxygen atoms in total. The van der Waals surface area contributed by atoms with Gasteiger partial charge in [-0.3, -0.25) is 9.79 Å². The molecule has 1 heterocycles. The number of hydrogen-bond acceptors (Lipinski definition) is 3. The van der Waals surface area contributed by atoms with E-state index in [1.165, 1.54) is 0 Å². The maximum atomic E-state index is 12.0. The standard InChI is InChI=1S/C12H15NO2/c1-7-8(2)13-11-9(12(7)14)5-4-6-10(11)15-3/h5-7,11H,4H2,1-3H3. The van der Waals surface area contributed by atoms with Crippen molar-refractivity contribution < 1.29 is 9.53 Å². The maximum absolute atomic E-state index is 12.0. The summed E-state index contributed by atoms with van der Waals surface area (Å²) in [6.07, 6.45) is 4.71. The van der Waals surface area contributed by atoms with Crippen molar-refractivity contribution in [1.29, 1.82) is 0 Å². The van der Waals surface area contributed by atoms with E-state index in [-0.39, 0.29) is 17.7 Å². The predicted molar refractivity (Wildman–Crippen MR) is 58.9 cm³/mol. The smallest absolute Gasteiger partial charge is 0.169 e. The van der Waals surface area contributed by atoms with E-state index in [9.17, 15) is 4.79 Å². The summed E-state index contributed by atoms with van der Waals surface area (Å²) in [5, 5.41) is 0. The molecule has 3 heteroatoms. The molecular weight excluding hydrogens is 190 g/mol. The molecule has 0 amide bonds. The number of ether oxygens (including phenoxy) is 1. The van der Waals surface area contributed by atoms with Crippen LogP contribution in [0.1, 0.15) is 20.3 Å². The minimum Gasteiger partial charge on any atom is -0.499 e. The Bertz CT molecular complexity index is 390. The third-order valence-electron chi connectivity index (χ3n) is 3.09. The largest absolute Gasteiger partial charge is 0.499 e. The van der Waals surface area contributed by atoms with Crippen LogP contribution < -0.4 is 0 Å². The normalized spacial score (nSPS) is 30.1. The third kappa shape index (κ3) is 1.52. The lowest BCUT2D eigenvalue weighted by molar-refractivity contribution is -0.117. The summed E-state index contributed by atoms with van der Waals surface area (Å²) < 4.78 is 5.25. The van der Waals surface area contributed by atoms with E-state index in [0.717, 1.165) is 23.5 Å². The molecule has 0 bridgehead atoms. The van der Waals surface area contributed by atoms with Crippen molar-refractivity contribution in [1.82, 2.24) is 0 Å². The van der Waals surface area contributed by atoms with Crippen molar-refractivity contribution >= 4 is 11.5 Å². The van der Waals surface area contributed by atoms with Gasteiger partial charge in [0.25, 0.3) is 0 Å². The topological polar surface area (TPSA) is 38.7 Å². The average Bonchev–Trinajstić information content (AvgIpc) is 2.25. The first kappa shape index (κ1) is 10.1. The van der Waals surface area contributed by atoms with Gasteiger partial charge in [0.2, 0.25) is 0 Å². The van der Waals surface area contributed by atoms with Crippen molar-refractivity contribution in [2.45, 2.75) is 26.3 Å². The molecule has 0 aromatic carbocycles. The van der Waals surface area contributed by atoms with Crippen LogP contribution in [0.3, 0.4) is 0 Å². The summed E-state index contributed by atoms with van der Waals surface area (Å²) in [5.74, 6) is 0.908. The van der Waals surface area contributed by atoms with Crippen LogP contribution in [-0.2, 0) is 9.53 Å². The van der Waals surface area contributed by atoms with E-state index in [1.54, 1.807) is 7.11 Å². The zero-order chi connectivity index (χ0) is 11.0. The predicted octanol–water partition coefficient (Wildman–Crippen LogP) is 1.90. The zero-order valence-electron chi connectivity index (χ0n) is 9.28. The van der Waals surface area contributed by atoms with Gasteiger partial charge in [0.05, 0.1) is 13.0 Å². The number of nitrogens with zero attached hydrogens (tertiary/aromatic N) is 1. The number of hydrogen-bond donors (Lipinski definition) is 0. The molecule has 0 aromatic rings. The molecular formula is C12H15NO2. The number of carbonyl (C=O) groups excluding carboxylic acids is 1. The second kappa shape index (κ2) is 3.65. The van der Waals surface area contributed by atoms with Crippen LogP contribution in [0.25, 0.3) is 0 Å². The minimum atomic E-state index is -0.188. The number of methoxy groups -OCH3 is 1. The Morgan fingerprint density at radius 2 is 2.20 bits per heavy atom. The quantitative estimate of drug-likeness (QED) is 0.655. The lowest BCUT2D eigenvalue weighted by atomic mass is 9.84. The molecule has 80 valence electrons. The van der Waals surface area contributed by atoms with Crippen molar-refractivity contribution in [2.75, 3.05) is 7.11 Å². The van der Waals surface area contributed by atoms with Crippen LogP contribution in [0, 0.1) is 5.92 Å². The van der Waals surface area contributed by atoms with Crippen molar-refractivity contribution in [3.05, 3.63) is 23.5 Å². The summed E-state index contributed by atoms with van der Waals surface area (Å²) >= 11 is 0. The fraction of sp³-hybridized carbons (Fsp3) is 0.500. The number of aliphatic imine (C=N–C) groups is 1. The van der Waals surface area contributed by atoms with Gasteiger partial charge in [0.15, 0.2) is 5.78 Å². The second-order valence-electron chi connectivity index (χ2n) is 3.96. The first-order valence-electron chi connectivity index (χ1n) is 5.17. The van der Waals surface area contributed by atoms with Crippen molar-refractivity contribution in [2.24, 2.45) is 10.9 Å². The summed E-state index contributed by atoms with van der Waals surface area (Å²) in [7, 11) is 1.63. The van der Waals surface area contributed by atoms with E-state index in [2.05, 4.69) is 4.99 Å². The van der Waals surface area contributed by atoms with Crippen LogP contribution in [0.2, 0.25) is 0 Å². The summed E-state index contributed by atoms with van der Waals surface area (Å²) in [6.45, 7) is 3.81. The second-order valence-corrected chi connectivity index (χ2v) is 3.96. The lowest BCUT2D eigenvalue weighted by Gasteiger charge is -2.28. The van der Waals surface area contributed by atoms with Gasteiger partial charge in [-0.25, -0.2) is 0 Å². The van der Waals surface area contributed by atoms with Crippen molar-refractivity contribution in [3.8, 4) is 0 Å². The Morgan fingerprint density at radius 1 is 1.47 bits per heavy atom. The number of rotatable bonds is 1. The highest BCUT2D eigenvalue weighted by molar-refractivity contribution is 6.14. The highest BCUT2D eigenvalue weighted by Gasteiger charge is 2.34. The molecule has 0 radical (unpaired) electrons. The van der Waals surface area contributed by atoms with E-state index in [1.807, 2.05) is 26.0 Å². The molecule has 0 N–H and O–H groups in total. The van der Waals surface area contributed by atoms with Crippen LogP contribution in [0.4, 0.5) is 0 Å². The summed E-state index contributed by atoms with van der Waals surface area (Å²) in [5.41, 5.74) is 1.69. The number of Topliss-reactive ketones (excluding diaryl/α,β-unsaturated/α-hetero) is 1. The van der Waals surface area contributed by atoms with Gasteiger partial charge in [-0.05, 0) is 26.3 Å². The molecule has 2 unspecified atom stereocenters. The van der Waals surface area contributed by atoms with Gasteiger partial charge in [-0.15, -0.1) is 0 Å². The number of allylic oxidation sites excluding steroid dienone is 2. The Hall–Kier alpha value is -1.38. The minimum absolute atomic E-state index is 0.0799. The van der Waals surface area contributed by atoms with Crippen LogP contribution in [0.5, 0.6) is 0 Å². The lowest BCUT2D eigenvalue weighted by Crippen LogP contribution is -2.35. The Balaban J connectivity index is 2.43. The van der Waals surface area contributed by atoms with E-state index in [0.29, 0.717) is 0 Å². The molecule has 0 fully saturated rings. The van der Waals surface area contributed by atoms with Crippen molar-refractivity contribution in [3.63, 3.8) is 0 Å². The van der Waals surface area contributed by atoms with Gasteiger partial charge in [-0.2, -0.15) is 0 Å². The Kier molecular flexibility index (Phi) is 2.47. The molecule has 0 saturated carbocycles. The van der Waals surface area contributed by atoms with Gasteiger partial charge in [-0.1, -0.05) is 6.08 Å². The fourth-order valence-corrected chi connectivity index (χ4v) is 2.00. The molecule has 15 heavy (non-hydrogen) atoms. The van der Waals surface area contributed by atoms with Gasteiger partial charge >= 0.3 is 0 Å². The molecule has 0 aromatic heterocycles. The van der Waals surface area contributed by atoms with Gasteiger partial charge < -0.3 is 4.74 Å². The maximum Gasteiger partial charge on any atom is 0.169 e. The molecule has 1 aliphatic carbocycles. The Morgan fingerprint density at radius 3 is 2.87 bits per heavy atom. The summed E-state index contributed by atoms with van der Waals surface area (Å²) in [6, 6.07) is -0.188. The SMILES string of the molecule is COC1=CCC=C2C(=O)C(C)C(C)=NC12. The van der Waals surface area contributed by atoms with Crippen LogP contribution in [0.15, 0.2) is 28.5 Å². The molecule has 2 atom stereocenters. The average molecular weight is 205 g/mol. The van der Waals surface area contributed by atoms with E-state index < -0.39 is 0 Å². The van der Waals surface area contributed by atoms with E-state index >= 15 is 0 Å². The van der Waals surface area contributed by atoms with Crippen LogP contribution >= 0.6 is 0 Å². The molecule has 2 aliphatic rings. The zero-order valence-corrected chi connectivity index (χ0v) is 9.28.